The molecule has 0 saturated heterocycles. The Labute approximate surface area is 156 Å². The fourth-order valence-electron chi connectivity index (χ4n) is 2.75. The number of nitrogens with two attached hydrogens (primary N) is 2. The van der Waals surface area contributed by atoms with Crippen LogP contribution in [0, 0.1) is 12.3 Å². The van der Waals surface area contributed by atoms with Crippen LogP contribution >= 0.6 is 0 Å². The Morgan fingerprint density at radius 2 is 1.96 bits per heavy atom. The summed E-state index contributed by atoms with van der Waals surface area (Å²) >= 11 is 0. The number of hydrogen-bond acceptors (Lipinski definition) is 3. The lowest BCUT2D eigenvalue weighted by atomic mass is 9.90. The number of benzene rings is 1. The average Bonchev–Trinajstić information content (AvgIpc) is 2.61. The lowest BCUT2D eigenvalue weighted by Crippen LogP contribution is -2.02. The molecule has 1 aliphatic carbocycles. The number of nitrogen functional groups attached to an aromatic ring is 1. The molecular formula is C23H27N3. The van der Waals surface area contributed by atoms with E-state index in [1.807, 2.05) is 45.1 Å². The van der Waals surface area contributed by atoms with Crippen LogP contribution in [0.25, 0.3) is 5.57 Å². The van der Waals surface area contributed by atoms with Crippen LogP contribution in [-0.4, -0.2) is 5.71 Å². The zero-order chi connectivity index (χ0) is 19.3. The molecule has 1 aromatic rings. The van der Waals surface area contributed by atoms with Gasteiger partial charge in [0.2, 0.25) is 0 Å². The lowest BCUT2D eigenvalue weighted by molar-refractivity contribution is 1.23. The number of rotatable bonds is 5. The highest BCUT2D eigenvalue weighted by molar-refractivity contribution is 6.08. The molecule has 1 aromatic carbocycles. The van der Waals surface area contributed by atoms with Gasteiger partial charge in [-0.05, 0) is 91.0 Å². The third-order valence-corrected chi connectivity index (χ3v) is 4.56. The van der Waals surface area contributed by atoms with Crippen LogP contribution in [-0.2, 0) is 0 Å². The van der Waals surface area contributed by atoms with E-state index in [1.54, 1.807) is 12.2 Å². The number of aryl methyl sites for hydroxylation is 1. The molecule has 0 radical (unpaired) electrons. The molecule has 0 atom stereocenters. The molecule has 5 N–H and O–H groups in total. The molecule has 0 amide bonds. The lowest BCUT2D eigenvalue weighted by Gasteiger charge is -2.15. The first-order chi connectivity index (χ1) is 12.3. The van der Waals surface area contributed by atoms with E-state index >= 15 is 0 Å². The minimum atomic E-state index is 0.548. The number of anilines is 1. The first-order valence-electron chi connectivity index (χ1n) is 8.63. The minimum absolute atomic E-state index is 0.548. The molecule has 0 saturated carbocycles. The third kappa shape index (κ3) is 4.51. The van der Waals surface area contributed by atoms with Crippen molar-refractivity contribution in [2.45, 2.75) is 27.2 Å². The first kappa shape index (κ1) is 19.3. The summed E-state index contributed by atoms with van der Waals surface area (Å²) < 4.78 is 0. The van der Waals surface area contributed by atoms with Gasteiger partial charge in [0.05, 0.1) is 5.71 Å². The maximum Gasteiger partial charge on any atom is 0.0569 e. The molecule has 0 bridgehead atoms. The molecule has 2 rings (SSSR count). The van der Waals surface area contributed by atoms with Crippen molar-refractivity contribution in [1.29, 1.82) is 5.41 Å². The Hall–Kier alpha value is -3.07. The molecule has 3 heteroatoms. The van der Waals surface area contributed by atoms with Crippen LogP contribution in [0.15, 0.2) is 83.7 Å². The van der Waals surface area contributed by atoms with E-state index < -0.39 is 0 Å². The van der Waals surface area contributed by atoms with E-state index in [1.165, 1.54) is 5.57 Å². The van der Waals surface area contributed by atoms with Gasteiger partial charge in [0.25, 0.3) is 0 Å². The fourth-order valence-corrected chi connectivity index (χ4v) is 2.75. The highest BCUT2D eigenvalue weighted by Gasteiger charge is 2.11. The van der Waals surface area contributed by atoms with Gasteiger partial charge in [0.15, 0.2) is 0 Å². The van der Waals surface area contributed by atoms with Crippen LogP contribution in [0.1, 0.15) is 31.4 Å². The first-order valence-corrected chi connectivity index (χ1v) is 8.63. The standard InChI is InChI=1S/C23H27N3/c1-5-6-21(24)15(2)7-10-20(18-8-11-22(25)16(3)13-18)19-9-12-23(26)17(4)14-19/h5-9,11-14,25H,1,10,24,26H2,2-4H3/b15-7-,20-18+,21-6+,25-22?. The van der Waals surface area contributed by atoms with Gasteiger partial charge in [0.1, 0.15) is 0 Å². The Balaban J connectivity index is 2.53. The second-order valence-electron chi connectivity index (χ2n) is 6.53. The maximum absolute atomic E-state index is 7.93. The van der Waals surface area contributed by atoms with Crippen molar-refractivity contribution in [2.24, 2.45) is 5.73 Å². The monoisotopic (exact) mass is 345 g/mol. The van der Waals surface area contributed by atoms with E-state index in [2.05, 4.69) is 24.8 Å². The summed E-state index contributed by atoms with van der Waals surface area (Å²) in [5.41, 5.74) is 20.5. The number of nitrogens with one attached hydrogen (secondary N) is 1. The summed E-state index contributed by atoms with van der Waals surface area (Å²) in [6.07, 6.45) is 12.3. The molecule has 0 unspecified atom stereocenters. The van der Waals surface area contributed by atoms with E-state index in [-0.39, 0.29) is 0 Å². The zero-order valence-electron chi connectivity index (χ0n) is 15.8. The molecule has 0 aromatic heterocycles. The van der Waals surface area contributed by atoms with Crippen molar-refractivity contribution in [1.82, 2.24) is 0 Å². The summed E-state index contributed by atoms with van der Waals surface area (Å²) in [5, 5.41) is 7.93. The molecule has 0 fully saturated rings. The van der Waals surface area contributed by atoms with Gasteiger partial charge >= 0.3 is 0 Å². The Morgan fingerprint density at radius 1 is 1.23 bits per heavy atom. The normalized spacial score (nSPS) is 17.2. The van der Waals surface area contributed by atoms with Gasteiger partial charge in [-0.3, -0.25) is 0 Å². The van der Waals surface area contributed by atoms with Crippen molar-refractivity contribution in [2.75, 3.05) is 5.73 Å². The van der Waals surface area contributed by atoms with Crippen LogP contribution in [0.2, 0.25) is 0 Å². The van der Waals surface area contributed by atoms with Gasteiger partial charge in [-0.2, -0.15) is 0 Å². The van der Waals surface area contributed by atoms with Crippen LogP contribution in [0.5, 0.6) is 0 Å². The summed E-state index contributed by atoms with van der Waals surface area (Å²) in [6, 6.07) is 6.10. The summed E-state index contributed by atoms with van der Waals surface area (Å²) in [5.74, 6) is 0. The highest BCUT2D eigenvalue weighted by Crippen LogP contribution is 2.30. The third-order valence-electron chi connectivity index (χ3n) is 4.56. The van der Waals surface area contributed by atoms with Gasteiger partial charge in [-0.15, -0.1) is 0 Å². The van der Waals surface area contributed by atoms with Crippen LogP contribution < -0.4 is 11.5 Å². The van der Waals surface area contributed by atoms with E-state index in [0.29, 0.717) is 11.4 Å². The van der Waals surface area contributed by atoms with Crippen molar-refractivity contribution in [3.8, 4) is 0 Å². The van der Waals surface area contributed by atoms with Crippen molar-refractivity contribution in [3.05, 3.63) is 94.8 Å². The van der Waals surface area contributed by atoms with E-state index in [0.717, 1.165) is 40.0 Å². The SMILES string of the molecule is C=C/C=C(N)\C(C)=C/C/C(=C1/C=CC(=N)C(C)=C1)c1ccc(N)c(C)c1. The van der Waals surface area contributed by atoms with Gasteiger partial charge < -0.3 is 16.9 Å². The van der Waals surface area contributed by atoms with Gasteiger partial charge in [-0.1, -0.05) is 30.9 Å². The smallest absolute Gasteiger partial charge is 0.0569 e. The zero-order valence-corrected chi connectivity index (χ0v) is 15.8. The van der Waals surface area contributed by atoms with Crippen molar-refractivity contribution >= 4 is 17.0 Å². The molecule has 134 valence electrons. The predicted molar refractivity (Wildman–Crippen MR) is 114 cm³/mol. The molecule has 3 nitrogen and oxygen atoms in total. The number of allylic oxidation sites excluding steroid dienone is 10. The van der Waals surface area contributed by atoms with Crippen molar-refractivity contribution < 1.29 is 0 Å². The summed E-state index contributed by atoms with van der Waals surface area (Å²) in [4.78, 5) is 0. The summed E-state index contributed by atoms with van der Waals surface area (Å²) in [6.45, 7) is 9.67. The minimum Gasteiger partial charge on any atom is -0.399 e. The average molecular weight is 345 g/mol. The molecule has 26 heavy (non-hydrogen) atoms. The van der Waals surface area contributed by atoms with E-state index in [4.69, 9.17) is 16.9 Å². The van der Waals surface area contributed by atoms with Crippen molar-refractivity contribution in [3.63, 3.8) is 0 Å². The molecule has 1 aliphatic rings. The number of hydrogen-bond donors (Lipinski definition) is 3. The van der Waals surface area contributed by atoms with E-state index in [9.17, 15) is 0 Å². The largest absolute Gasteiger partial charge is 0.399 e. The highest BCUT2D eigenvalue weighted by atomic mass is 14.6. The van der Waals surface area contributed by atoms with Gasteiger partial charge in [-0.25, -0.2) is 0 Å². The molecule has 0 heterocycles. The molecule has 0 spiro atoms. The Kier molecular flexibility index (Phi) is 6.18. The second kappa shape index (κ2) is 8.34. The topological polar surface area (TPSA) is 75.9 Å². The van der Waals surface area contributed by atoms with Gasteiger partial charge in [0, 0.05) is 11.4 Å². The quantitative estimate of drug-likeness (QED) is 0.505. The Bertz CT molecular complexity index is 890. The Morgan fingerprint density at radius 3 is 2.58 bits per heavy atom. The predicted octanol–water partition coefficient (Wildman–Crippen LogP) is 5.23. The maximum atomic E-state index is 7.93. The fraction of sp³-hybridized carbons (Fsp3) is 0.174. The summed E-state index contributed by atoms with van der Waals surface area (Å²) in [7, 11) is 0. The second-order valence-corrected chi connectivity index (χ2v) is 6.53. The van der Waals surface area contributed by atoms with Crippen LogP contribution in [0.3, 0.4) is 0 Å². The molecular weight excluding hydrogens is 318 g/mol. The van der Waals surface area contributed by atoms with Crippen LogP contribution in [0.4, 0.5) is 5.69 Å². The molecule has 0 aliphatic heterocycles.